The minimum Gasteiger partial charge on any atom is -0.296 e. The molecule has 3 rings (SSSR count). The van der Waals surface area contributed by atoms with Crippen LogP contribution in [0, 0.1) is 11.8 Å². The number of rotatable bonds is 2. The van der Waals surface area contributed by atoms with Gasteiger partial charge in [-0.05, 0) is 30.2 Å². The number of hydrazone groups is 1. The molecule has 1 heterocycles. The van der Waals surface area contributed by atoms with Crippen LogP contribution in [0.2, 0.25) is 0 Å². The van der Waals surface area contributed by atoms with Crippen molar-refractivity contribution in [2.75, 3.05) is 13.1 Å². The summed E-state index contributed by atoms with van der Waals surface area (Å²) in [5.41, 5.74) is 1.19. The molecule has 2 fully saturated rings. The molecule has 0 bridgehead atoms. The summed E-state index contributed by atoms with van der Waals surface area (Å²) in [6.45, 7) is 2.35. The Labute approximate surface area is 97.0 Å². The van der Waals surface area contributed by atoms with E-state index < -0.39 is 0 Å². The summed E-state index contributed by atoms with van der Waals surface area (Å²) in [4.78, 5) is 0. The van der Waals surface area contributed by atoms with Gasteiger partial charge in [-0.15, -0.1) is 0 Å². The van der Waals surface area contributed by atoms with Gasteiger partial charge in [0.1, 0.15) is 0 Å². The molecular formula is C14H18N2. The second-order valence-electron chi connectivity index (χ2n) is 4.98. The SMILES string of the molecule is C(=NN1CC2CCCC2C1)c1ccccc1. The van der Waals surface area contributed by atoms with Crippen molar-refractivity contribution in [2.45, 2.75) is 19.3 Å². The van der Waals surface area contributed by atoms with Gasteiger partial charge in [0.25, 0.3) is 0 Å². The quantitative estimate of drug-likeness (QED) is 0.691. The van der Waals surface area contributed by atoms with Gasteiger partial charge in [0, 0.05) is 13.1 Å². The van der Waals surface area contributed by atoms with Crippen LogP contribution in [0.5, 0.6) is 0 Å². The lowest BCUT2D eigenvalue weighted by Crippen LogP contribution is -2.14. The lowest BCUT2D eigenvalue weighted by atomic mass is 10.0. The largest absolute Gasteiger partial charge is 0.296 e. The van der Waals surface area contributed by atoms with Gasteiger partial charge in [0.2, 0.25) is 0 Å². The lowest BCUT2D eigenvalue weighted by molar-refractivity contribution is 0.330. The van der Waals surface area contributed by atoms with Gasteiger partial charge in [0.05, 0.1) is 6.21 Å². The normalized spacial score (nSPS) is 28.9. The number of nitrogens with zero attached hydrogens (tertiary/aromatic N) is 2. The first-order chi connectivity index (χ1) is 7.92. The van der Waals surface area contributed by atoms with E-state index in [1.807, 2.05) is 12.3 Å². The summed E-state index contributed by atoms with van der Waals surface area (Å²) in [6.07, 6.45) is 6.26. The highest BCUT2D eigenvalue weighted by atomic mass is 15.5. The van der Waals surface area contributed by atoms with E-state index >= 15 is 0 Å². The molecule has 0 N–H and O–H groups in total. The van der Waals surface area contributed by atoms with Crippen LogP contribution in [0.4, 0.5) is 0 Å². The highest BCUT2D eigenvalue weighted by Gasteiger charge is 2.35. The summed E-state index contributed by atoms with van der Waals surface area (Å²) in [6, 6.07) is 10.3. The monoisotopic (exact) mass is 214 g/mol. The summed E-state index contributed by atoms with van der Waals surface area (Å²) in [5.74, 6) is 1.85. The zero-order valence-corrected chi connectivity index (χ0v) is 9.55. The molecule has 84 valence electrons. The predicted octanol–water partition coefficient (Wildman–Crippen LogP) is 2.75. The average Bonchev–Trinajstić information content (AvgIpc) is 2.88. The van der Waals surface area contributed by atoms with Crippen LogP contribution in [0.1, 0.15) is 24.8 Å². The van der Waals surface area contributed by atoms with E-state index in [0.717, 1.165) is 11.8 Å². The maximum absolute atomic E-state index is 4.58. The van der Waals surface area contributed by atoms with Crippen LogP contribution in [0.25, 0.3) is 0 Å². The third-order valence-corrected chi connectivity index (χ3v) is 3.88. The first kappa shape index (κ1) is 9.88. The first-order valence-electron chi connectivity index (χ1n) is 6.26. The number of benzene rings is 1. The van der Waals surface area contributed by atoms with Crippen molar-refractivity contribution in [1.29, 1.82) is 0 Å². The zero-order chi connectivity index (χ0) is 10.8. The Balaban J connectivity index is 1.62. The van der Waals surface area contributed by atoms with Gasteiger partial charge in [0.15, 0.2) is 0 Å². The van der Waals surface area contributed by atoms with Crippen LogP contribution in [-0.2, 0) is 0 Å². The van der Waals surface area contributed by atoms with Gasteiger partial charge in [-0.25, -0.2) is 0 Å². The Hall–Kier alpha value is -1.31. The summed E-state index contributed by atoms with van der Waals surface area (Å²) in [7, 11) is 0. The van der Waals surface area contributed by atoms with Crippen molar-refractivity contribution in [3.8, 4) is 0 Å². The van der Waals surface area contributed by atoms with Crippen molar-refractivity contribution in [2.24, 2.45) is 16.9 Å². The van der Waals surface area contributed by atoms with Crippen molar-refractivity contribution in [3.63, 3.8) is 0 Å². The van der Waals surface area contributed by atoms with E-state index in [-0.39, 0.29) is 0 Å². The lowest BCUT2D eigenvalue weighted by Gasteiger charge is -2.11. The Bertz CT molecular complexity index is 360. The number of hydrogen-bond donors (Lipinski definition) is 0. The minimum atomic E-state index is 0.924. The van der Waals surface area contributed by atoms with Gasteiger partial charge in [-0.1, -0.05) is 36.8 Å². The fourth-order valence-electron chi connectivity index (χ4n) is 2.99. The van der Waals surface area contributed by atoms with Crippen molar-refractivity contribution >= 4 is 6.21 Å². The van der Waals surface area contributed by atoms with E-state index in [1.54, 1.807) is 0 Å². The van der Waals surface area contributed by atoms with Crippen LogP contribution in [0.3, 0.4) is 0 Å². The first-order valence-corrected chi connectivity index (χ1v) is 6.26. The van der Waals surface area contributed by atoms with E-state index in [0.29, 0.717) is 0 Å². The molecule has 0 radical (unpaired) electrons. The van der Waals surface area contributed by atoms with E-state index in [9.17, 15) is 0 Å². The highest BCUT2D eigenvalue weighted by Crippen LogP contribution is 2.37. The second-order valence-corrected chi connectivity index (χ2v) is 4.98. The fraction of sp³-hybridized carbons (Fsp3) is 0.500. The molecule has 2 nitrogen and oxygen atoms in total. The molecule has 1 aliphatic carbocycles. The van der Waals surface area contributed by atoms with E-state index in [1.165, 1.54) is 37.9 Å². The number of fused-ring (bicyclic) bond motifs is 1. The molecule has 1 aromatic carbocycles. The molecule has 2 unspecified atom stereocenters. The summed E-state index contributed by atoms with van der Waals surface area (Å²) < 4.78 is 0. The van der Waals surface area contributed by atoms with Crippen LogP contribution >= 0.6 is 0 Å². The number of hydrogen-bond acceptors (Lipinski definition) is 2. The molecule has 0 amide bonds. The van der Waals surface area contributed by atoms with Crippen LogP contribution < -0.4 is 0 Å². The molecule has 0 spiro atoms. The molecule has 2 aliphatic rings. The highest BCUT2D eigenvalue weighted by molar-refractivity contribution is 5.79. The van der Waals surface area contributed by atoms with Crippen molar-refractivity contribution in [1.82, 2.24) is 5.01 Å². The molecule has 2 atom stereocenters. The standard InChI is InChI=1S/C14H18N2/c1-2-5-12(6-3-1)9-15-16-10-13-7-4-8-14(13)11-16/h1-3,5-6,9,13-14H,4,7-8,10-11H2. The summed E-state index contributed by atoms with van der Waals surface area (Å²) in [5, 5.41) is 6.84. The fourth-order valence-corrected chi connectivity index (χ4v) is 2.99. The molecular weight excluding hydrogens is 196 g/mol. The second kappa shape index (κ2) is 4.28. The topological polar surface area (TPSA) is 15.6 Å². The minimum absolute atomic E-state index is 0.924. The Morgan fingerprint density at radius 3 is 2.44 bits per heavy atom. The van der Waals surface area contributed by atoms with Gasteiger partial charge >= 0.3 is 0 Å². The predicted molar refractivity (Wildman–Crippen MR) is 66.4 cm³/mol. The Morgan fingerprint density at radius 1 is 1.06 bits per heavy atom. The maximum atomic E-state index is 4.58. The third-order valence-electron chi connectivity index (χ3n) is 3.88. The van der Waals surface area contributed by atoms with Gasteiger partial charge < -0.3 is 0 Å². The smallest absolute Gasteiger partial charge is 0.0542 e. The van der Waals surface area contributed by atoms with Crippen LogP contribution in [0.15, 0.2) is 35.4 Å². The molecule has 1 aliphatic heterocycles. The average molecular weight is 214 g/mol. The van der Waals surface area contributed by atoms with Gasteiger partial charge in [-0.2, -0.15) is 5.10 Å². The Kier molecular flexibility index (Phi) is 2.65. The zero-order valence-electron chi connectivity index (χ0n) is 9.55. The van der Waals surface area contributed by atoms with Crippen molar-refractivity contribution < 1.29 is 0 Å². The molecule has 1 aromatic rings. The van der Waals surface area contributed by atoms with E-state index in [4.69, 9.17) is 0 Å². The van der Waals surface area contributed by atoms with Crippen LogP contribution in [-0.4, -0.2) is 24.3 Å². The third kappa shape index (κ3) is 1.97. The molecule has 2 heteroatoms. The Morgan fingerprint density at radius 2 is 1.75 bits per heavy atom. The maximum Gasteiger partial charge on any atom is 0.0542 e. The molecule has 16 heavy (non-hydrogen) atoms. The molecule has 1 saturated carbocycles. The molecule has 1 saturated heterocycles. The van der Waals surface area contributed by atoms with Crippen molar-refractivity contribution in [3.05, 3.63) is 35.9 Å². The van der Waals surface area contributed by atoms with Gasteiger partial charge in [-0.3, -0.25) is 5.01 Å². The summed E-state index contributed by atoms with van der Waals surface area (Å²) >= 11 is 0. The molecule has 0 aromatic heterocycles. The van der Waals surface area contributed by atoms with E-state index in [2.05, 4.69) is 34.4 Å².